The third-order valence-corrected chi connectivity index (χ3v) is 5.74. The van der Waals surface area contributed by atoms with Gasteiger partial charge in [0.15, 0.2) is 5.82 Å². The standard InChI is InChI=1S/C23H22F2N4O3/c1-23(2)20-16(12-29(23)19(30)11-15-17(24)5-4-6-18(15)25)21(28-27-20)26-22(31)13-7-9-14(32-3)10-8-13/h4-10H,11-12H2,1-3H3,(H2,26,27,28,31). The topological polar surface area (TPSA) is 87.3 Å². The van der Waals surface area contributed by atoms with Crippen LogP contribution in [0.4, 0.5) is 14.6 Å². The van der Waals surface area contributed by atoms with Crippen LogP contribution < -0.4 is 10.1 Å². The van der Waals surface area contributed by atoms with Gasteiger partial charge in [0.2, 0.25) is 5.91 Å². The number of benzene rings is 2. The molecule has 1 aliphatic rings. The predicted molar refractivity (Wildman–Crippen MR) is 113 cm³/mol. The summed E-state index contributed by atoms with van der Waals surface area (Å²) in [5.74, 6) is -1.38. The van der Waals surface area contributed by atoms with Crippen LogP contribution in [-0.2, 0) is 23.3 Å². The number of nitrogens with zero attached hydrogens (tertiary/aromatic N) is 2. The summed E-state index contributed by atoms with van der Waals surface area (Å²) >= 11 is 0. The number of anilines is 1. The molecule has 2 amide bonds. The Bertz CT molecular complexity index is 1170. The molecule has 32 heavy (non-hydrogen) atoms. The minimum Gasteiger partial charge on any atom is -0.497 e. The minimum absolute atomic E-state index is 0.145. The number of methoxy groups -OCH3 is 1. The molecule has 0 spiro atoms. The van der Waals surface area contributed by atoms with Crippen molar-refractivity contribution < 1.29 is 23.1 Å². The van der Waals surface area contributed by atoms with Gasteiger partial charge in [-0.1, -0.05) is 6.07 Å². The van der Waals surface area contributed by atoms with E-state index in [-0.39, 0.29) is 18.0 Å². The van der Waals surface area contributed by atoms with E-state index in [2.05, 4.69) is 15.5 Å². The number of hydrogen-bond acceptors (Lipinski definition) is 4. The number of ether oxygens (including phenoxy) is 1. The Morgan fingerprint density at radius 2 is 1.81 bits per heavy atom. The number of rotatable bonds is 5. The van der Waals surface area contributed by atoms with E-state index in [0.717, 1.165) is 12.1 Å². The summed E-state index contributed by atoms with van der Waals surface area (Å²) < 4.78 is 33.2. The van der Waals surface area contributed by atoms with E-state index in [1.807, 2.05) is 13.8 Å². The molecule has 2 heterocycles. The maximum atomic E-state index is 14.0. The van der Waals surface area contributed by atoms with Crippen LogP contribution in [-0.4, -0.2) is 34.0 Å². The van der Waals surface area contributed by atoms with Crippen LogP contribution in [0.1, 0.15) is 41.0 Å². The first-order chi connectivity index (χ1) is 15.2. The van der Waals surface area contributed by atoms with E-state index in [1.54, 1.807) is 24.3 Å². The third-order valence-electron chi connectivity index (χ3n) is 5.74. The lowest BCUT2D eigenvalue weighted by molar-refractivity contribution is -0.136. The second-order valence-corrected chi connectivity index (χ2v) is 8.02. The molecule has 2 aromatic carbocycles. The van der Waals surface area contributed by atoms with Crippen LogP contribution in [0.5, 0.6) is 5.75 Å². The molecule has 0 saturated carbocycles. The lowest BCUT2D eigenvalue weighted by Crippen LogP contribution is -2.41. The van der Waals surface area contributed by atoms with Gasteiger partial charge >= 0.3 is 0 Å². The van der Waals surface area contributed by atoms with Crippen molar-refractivity contribution in [3.05, 3.63) is 76.5 Å². The number of amides is 2. The monoisotopic (exact) mass is 440 g/mol. The van der Waals surface area contributed by atoms with Crippen LogP contribution in [0, 0.1) is 11.6 Å². The Labute approximate surface area is 183 Å². The molecule has 0 bridgehead atoms. The molecule has 0 radical (unpaired) electrons. The van der Waals surface area contributed by atoms with E-state index in [9.17, 15) is 18.4 Å². The molecule has 1 aliphatic heterocycles. The number of carbonyl (C=O) groups is 2. The van der Waals surface area contributed by atoms with Crippen LogP contribution in [0.25, 0.3) is 0 Å². The van der Waals surface area contributed by atoms with Crippen LogP contribution in [0.2, 0.25) is 0 Å². The molecule has 0 fully saturated rings. The van der Waals surface area contributed by atoms with Crippen molar-refractivity contribution in [3.63, 3.8) is 0 Å². The zero-order chi connectivity index (χ0) is 23.0. The van der Waals surface area contributed by atoms with Crippen molar-refractivity contribution in [1.82, 2.24) is 15.1 Å². The highest BCUT2D eigenvalue weighted by molar-refractivity contribution is 6.04. The first kappa shape index (κ1) is 21.5. The fraction of sp³-hybridized carbons (Fsp3) is 0.261. The van der Waals surface area contributed by atoms with Gasteiger partial charge < -0.3 is 15.0 Å². The number of H-pyrrole nitrogens is 1. The quantitative estimate of drug-likeness (QED) is 0.632. The summed E-state index contributed by atoms with van der Waals surface area (Å²) in [6.45, 7) is 3.76. The Balaban J connectivity index is 1.54. The number of carbonyl (C=O) groups excluding carboxylic acids is 2. The molecule has 0 atom stereocenters. The van der Waals surface area contributed by atoms with Gasteiger partial charge in [0.05, 0.1) is 31.3 Å². The van der Waals surface area contributed by atoms with E-state index in [0.29, 0.717) is 28.4 Å². The average Bonchev–Trinajstić information content (AvgIpc) is 3.29. The summed E-state index contributed by atoms with van der Waals surface area (Å²) in [7, 11) is 1.54. The van der Waals surface area contributed by atoms with E-state index in [4.69, 9.17) is 4.74 Å². The van der Waals surface area contributed by atoms with Crippen molar-refractivity contribution in [2.75, 3.05) is 12.4 Å². The van der Waals surface area contributed by atoms with Gasteiger partial charge in [-0.2, -0.15) is 5.10 Å². The molecular formula is C23H22F2N4O3. The molecule has 3 aromatic rings. The number of nitrogens with one attached hydrogen (secondary N) is 2. The van der Waals surface area contributed by atoms with E-state index in [1.165, 1.54) is 18.1 Å². The van der Waals surface area contributed by atoms with Gasteiger partial charge in [-0.3, -0.25) is 14.7 Å². The third kappa shape index (κ3) is 3.70. The second-order valence-electron chi connectivity index (χ2n) is 8.02. The molecule has 9 heteroatoms. The molecule has 1 aromatic heterocycles. The largest absolute Gasteiger partial charge is 0.497 e. The highest BCUT2D eigenvalue weighted by Gasteiger charge is 2.43. The fourth-order valence-electron chi connectivity index (χ4n) is 3.89. The summed E-state index contributed by atoms with van der Waals surface area (Å²) in [6, 6.07) is 10.1. The highest BCUT2D eigenvalue weighted by atomic mass is 19.1. The molecular weight excluding hydrogens is 418 g/mol. The summed E-state index contributed by atoms with van der Waals surface area (Å²) in [6.07, 6.45) is -0.410. The average molecular weight is 440 g/mol. The van der Waals surface area contributed by atoms with Gasteiger partial charge in [-0.15, -0.1) is 0 Å². The molecule has 0 unspecified atom stereocenters. The van der Waals surface area contributed by atoms with Crippen LogP contribution >= 0.6 is 0 Å². The van der Waals surface area contributed by atoms with Crippen molar-refractivity contribution >= 4 is 17.6 Å². The first-order valence-electron chi connectivity index (χ1n) is 9.99. The second kappa shape index (κ2) is 8.07. The SMILES string of the molecule is COc1ccc(C(=O)Nc2n[nH]c3c2CN(C(=O)Cc2c(F)cccc2F)C3(C)C)cc1. The van der Waals surface area contributed by atoms with E-state index >= 15 is 0 Å². The van der Waals surface area contributed by atoms with Crippen LogP contribution in [0.15, 0.2) is 42.5 Å². The number of fused-ring (bicyclic) bond motifs is 1. The smallest absolute Gasteiger partial charge is 0.256 e. The van der Waals surface area contributed by atoms with Crippen molar-refractivity contribution in [2.45, 2.75) is 32.4 Å². The molecule has 166 valence electrons. The van der Waals surface area contributed by atoms with Gasteiger partial charge in [0.25, 0.3) is 5.91 Å². The molecule has 0 saturated heterocycles. The fourth-order valence-corrected chi connectivity index (χ4v) is 3.89. The van der Waals surface area contributed by atoms with Crippen molar-refractivity contribution in [3.8, 4) is 5.75 Å². The summed E-state index contributed by atoms with van der Waals surface area (Å²) in [4.78, 5) is 27.1. The lowest BCUT2D eigenvalue weighted by Gasteiger charge is -2.32. The number of halogens is 2. The number of aromatic amines is 1. The van der Waals surface area contributed by atoms with Crippen LogP contribution in [0.3, 0.4) is 0 Å². The van der Waals surface area contributed by atoms with Gasteiger partial charge in [0.1, 0.15) is 17.4 Å². The molecule has 7 nitrogen and oxygen atoms in total. The minimum atomic E-state index is -0.801. The zero-order valence-electron chi connectivity index (χ0n) is 17.8. The zero-order valence-corrected chi connectivity index (χ0v) is 17.8. The highest BCUT2D eigenvalue weighted by Crippen LogP contribution is 2.41. The number of aromatic nitrogens is 2. The van der Waals surface area contributed by atoms with Gasteiger partial charge in [-0.05, 0) is 50.2 Å². The Kier molecular flexibility index (Phi) is 5.41. The van der Waals surface area contributed by atoms with Crippen molar-refractivity contribution in [2.24, 2.45) is 0 Å². The molecule has 0 aliphatic carbocycles. The Morgan fingerprint density at radius 1 is 1.16 bits per heavy atom. The van der Waals surface area contributed by atoms with Gasteiger partial charge in [-0.25, -0.2) is 8.78 Å². The first-order valence-corrected chi connectivity index (χ1v) is 9.99. The summed E-state index contributed by atoms with van der Waals surface area (Å²) in [5, 5.41) is 9.86. The summed E-state index contributed by atoms with van der Waals surface area (Å²) in [5.41, 5.74) is 0.659. The normalized spacial score (nSPS) is 14.2. The maximum absolute atomic E-state index is 14.0. The Hall–Kier alpha value is -3.75. The maximum Gasteiger partial charge on any atom is 0.256 e. The molecule has 4 rings (SSSR count). The predicted octanol–water partition coefficient (Wildman–Crippen LogP) is 3.77. The number of hydrogen-bond donors (Lipinski definition) is 2. The lowest BCUT2D eigenvalue weighted by atomic mass is 10.00. The van der Waals surface area contributed by atoms with Gasteiger partial charge in [0, 0.05) is 16.7 Å². The Morgan fingerprint density at radius 3 is 2.44 bits per heavy atom. The molecule has 2 N–H and O–H groups in total. The van der Waals surface area contributed by atoms with E-state index < -0.39 is 29.5 Å². The van der Waals surface area contributed by atoms with Crippen molar-refractivity contribution in [1.29, 1.82) is 0 Å².